The lowest BCUT2D eigenvalue weighted by Gasteiger charge is -2.28. The summed E-state index contributed by atoms with van der Waals surface area (Å²) in [6, 6.07) is 3.94. The molecular formula is C18H26O3. The Morgan fingerprint density at radius 1 is 1.19 bits per heavy atom. The van der Waals surface area contributed by atoms with Gasteiger partial charge in [0, 0.05) is 17.4 Å². The number of carbonyl (C=O) groups excluding carboxylic acids is 2. The molecule has 0 saturated carbocycles. The van der Waals surface area contributed by atoms with Gasteiger partial charge in [-0.2, -0.15) is 0 Å². The second kappa shape index (κ2) is 6.42. The van der Waals surface area contributed by atoms with Crippen molar-refractivity contribution >= 4 is 11.8 Å². The van der Waals surface area contributed by atoms with Crippen molar-refractivity contribution in [3.8, 4) is 5.75 Å². The molecule has 1 rings (SSSR count). The van der Waals surface area contributed by atoms with E-state index in [2.05, 4.69) is 6.07 Å². The SMILES string of the molecule is CC(=O)CC(C)(C)c1c(C)cc(C)cc1OC(=O)C(C)C. The van der Waals surface area contributed by atoms with E-state index in [1.807, 2.05) is 47.6 Å². The van der Waals surface area contributed by atoms with E-state index in [0.29, 0.717) is 12.2 Å². The number of Topliss-reactive ketones (excluding diaryl/α,β-unsaturated/α-hetero) is 1. The molecule has 3 nitrogen and oxygen atoms in total. The third-order valence-electron chi connectivity index (χ3n) is 3.49. The Labute approximate surface area is 127 Å². The lowest BCUT2D eigenvalue weighted by atomic mass is 9.77. The van der Waals surface area contributed by atoms with Crippen molar-refractivity contribution in [3.63, 3.8) is 0 Å². The molecule has 0 heterocycles. The highest BCUT2D eigenvalue weighted by Gasteiger charge is 2.29. The summed E-state index contributed by atoms with van der Waals surface area (Å²) in [4.78, 5) is 23.5. The van der Waals surface area contributed by atoms with Crippen LogP contribution in [-0.2, 0) is 15.0 Å². The Kier molecular flexibility index (Phi) is 5.32. The zero-order valence-corrected chi connectivity index (χ0v) is 14.2. The lowest BCUT2D eigenvalue weighted by Crippen LogP contribution is -2.25. The summed E-state index contributed by atoms with van der Waals surface area (Å²) in [6.07, 6.45) is 0.420. The van der Waals surface area contributed by atoms with Crippen LogP contribution in [0.4, 0.5) is 0 Å². The molecule has 0 aromatic heterocycles. The zero-order valence-electron chi connectivity index (χ0n) is 14.2. The smallest absolute Gasteiger partial charge is 0.313 e. The van der Waals surface area contributed by atoms with Gasteiger partial charge >= 0.3 is 5.97 Å². The first kappa shape index (κ1) is 17.4. The van der Waals surface area contributed by atoms with Crippen LogP contribution in [0, 0.1) is 19.8 Å². The second-order valence-electron chi connectivity index (χ2n) is 6.79. The van der Waals surface area contributed by atoms with E-state index in [1.54, 1.807) is 6.92 Å². The summed E-state index contributed by atoms with van der Waals surface area (Å²) in [7, 11) is 0. The average molecular weight is 290 g/mol. The molecule has 116 valence electrons. The van der Waals surface area contributed by atoms with Crippen LogP contribution in [0.25, 0.3) is 0 Å². The minimum atomic E-state index is -0.365. The van der Waals surface area contributed by atoms with Gasteiger partial charge in [0.2, 0.25) is 0 Å². The quantitative estimate of drug-likeness (QED) is 0.605. The lowest BCUT2D eigenvalue weighted by molar-refractivity contribution is -0.137. The topological polar surface area (TPSA) is 43.4 Å². The summed E-state index contributed by atoms with van der Waals surface area (Å²) in [5, 5.41) is 0. The van der Waals surface area contributed by atoms with E-state index in [-0.39, 0.29) is 23.1 Å². The summed E-state index contributed by atoms with van der Waals surface area (Å²) >= 11 is 0. The third-order valence-corrected chi connectivity index (χ3v) is 3.49. The number of aryl methyl sites for hydroxylation is 2. The molecule has 0 radical (unpaired) electrons. The molecule has 0 bridgehead atoms. The molecule has 0 atom stereocenters. The van der Waals surface area contributed by atoms with Crippen molar-refractivity contribution in [2.75, 3.05) is 0 Å². The fraction of sp³-hybridized carbons (Fsp3) is 0.556. The molecule has 21 heavy (non-hydrogen) atoms. The molecular weight excluding hydrogens is 264 g/mol. The van der Waals surface area contributed by atoms with E-state index in [1.165, 1.54) is 0 Å². The summed E-state index contributed by atoms with van der Waals surface area (Å²) in [5.41, 5.74) is 2.67. The summed E-state index contributed by atoms with van der Waals surface area (Å²) < 4.78 is 5.59. The predicted molar refractivity (Wildman–Crippen MR) is 84.7 cm³/mol. The fourth-order valence-corrected chi connectivity index (χ4v) is 2.81. The molecule has 0 aliphatic heterocycles. The van der Waals surface area contributed by atoms with Gasteiger partial charge in [-0.1, -0.05) is 33.8 Å². The van der Waals surface area contributed by atoms with Crippen LogP contribution >= 0.6 is 0 Å². The molecule has 0 unspecified atom stereocenters. The van der Waals surface area contributed by atoms with E-state index in [4.69, 9.17) is 4.74 Å². The molecule has 0 saturated heterocycles. The first-order chi connectivity index (χ1) is 9.54. The normalized spacial score (nSPS) is 11.6. The largest absolute Gasteiger partial charge is 0.426 e. The van der Waals surface area contributed by atoms with Gasteiger partial charge in [-0.15, -0.1) is 0 Å². The van der Waals surface area contributed by atoms with Gasteiger partial charge in [-0.05, 0) is 38.0 Å². The molecule has 3 heteroatoms. The van der Waals surface area contributed by atoms with Crippen LogP contribution in [0.15, 0.2) is 12.1 Å². The average Bonchev–Trinajstić information content (AvgIpc) is 2.24. The summed E-state index contributed by atoms with van der Waals surface area (Å²) in [6.45, 7) is 13.2. The Bertz CT molecular complexity index is 554. The second-order valence-corrected chi connectivity index (χ2v) is 6.79. The van der Waals surface area contributed by atoms with Crippen LogP contribution in [0.3, 0.4) is 0 Å². The number of ketones is 1. The number of hydrogen-bond acceptors (Lipinski definition) is 3. The molecule has 1 aromatic carbocycles. The van der Waals surface area contributed by atoms with Gasteiger partial charge in [0.05, 0.1) is 5.92 Å². The van der Waals surface area contributed by atoms with Gasteiger partial charge in [0.15, 0.2) is 0 Å². The number of hydrogen-bond donors (Lipinski definition) is 0. The van der Waals surface area contributed by atoms with Gasteiger partial charge in [0.25, 0.3) is 0 Å². The fourth-order valence-electron chi connectivity index (χ4n) is 2.81. The maximum absolute atomic E-state index is 11.9. The third kappa shape index (κ3) is 4.42. The van der Waals surface area contributed by atoms with Gasteiger partial charge < -0.3 is 4.74 Å². The minimum Gasteiger partial charge on any atom is -0.426 e. The minimum absolute atomic E-state index is 0.126. The highest BCUT2D eigenvalue weighted by atomic mass is 16.5. The summed E-state index contributed by atoms with van der Waals surface area (Å²) in [5.74, 6) is 0.271. The van der Waals surface area contributed by atoms with Crippen LogP contribution in [0.1, 0.15) is 57.7 Å². The van der Waals surface area contributed by atoms with Crippen LogP contribution in [0.5, 0.6) is 5.75 Å². The number of benzene rings is 1. The van der Waals surface area contributed by atoms with Crippen molar-refractivity contribution in [1.82, 2.24) is 0 Å². The Balaban J connectivity index is 3.35. The standard InChI is InChI=1S/C18H26O3/c1-11(2)17(20)21-15-9-12(3)8-13(4)16(15)18(6,7)10-14(5)19/h8-9,11H,10H2,1-7H3. The Morgan fingerprint density at radius 2 is 1.76 bits per heavy atom. The maximum atomic E-state index is 11.9. The maximum Gasteiger partial charge on any atom is 0.313 e. The van der Waals surface area contributed by atoms with Crippen molar-refractivity contribution in [1.29, 1.82) is 0 Å². The van der Waals surface area contributed by atoms with Gasteiger partial charge in [-0.3, -0.25) is 9.59 Å². The number of ether oxygens (including phenoxy) is 1. The van der Waals surface area contributed by atoms with E-state index < -0.39 is 0 Å². The number of carbonyl (C=O) groups is 2. The zero-order chi connectivity index (χ0) is 16.4. The molecule has 1 aromatic rings. The van der Waals surface area contributed by atoms with Crippen molar-refractivity contribution in [2.45, 2.75) is 60.3 Å². The molecule has 0 aliphatic rings. The highest BCUT2D eigenvalue weighted by Crippen LogP contribution is 2.38. The van der Waals surface area contributed by atoms with E-state index >= 15 is 0 Å². The van der Waals surface area contributed by atoms with Crippen molar-refractivity contribution in [3.05, 3.63) is 28.8 Å². The van der Waals surface area contributed by atoms with Crippen molar-refractivity contribution in [2.24, 2.45) is 5.92 Å². The molecule has 0 N–H and O–H groups in total. The van der Waals surface area contributed by atoms with E-state index in [9.17, 15) is 9.59 Å². The number of rotatable bonds is 5. The van der Waals surface area contributed by atoms with Crippen LogP contribution < -0.4 is 4.74 Å². The Morgan fingerprint density at radius 3 is 2.24 bits per heavy atom. The molecule has 0 aliphatic carbocycles. The van der Waals surface area contributed by atoms with Crippen LogP contribution in [0.2, 0.25) is 0 Å². The molecule has 0 amide bonds. The van der Waals surface area contributed by atoms with Gasteiger partial charge in [-0.25, -0.2) is 0 Å². The van der Waals surface area contributed by atoms with E-state index in [0.717, 1.165) is 16.7 Å². The van der Waals surface area contributed by atoms with Crippen molar-refractivity contribution < 1.29 is 14.3 Å². The first-order valence-corrected chi connectivity index (χ1v) is 7.37. The predicted octanol–water partition coefficient (Wildman–Crippen LogP) is 4.12. The number of esters is 1. The molecule has 0 spiro atoms. The van der Waals surface area contributed by atoms with Gasteiger partial charge in [0.1, 0.15) is 11.5 Å². The highest BCUT2D eigenvalue weighted by molar-refractivity contribution is 5.78. The Hall–Kier alpha value is -1.64. The van der Waals surface area contributed by atoms with Crippen LogP contribution in [-0.4, -0.2) is 11.8 Å². The first-order valence-electron chi connectivity index (χ1n) is 7.37. The molecule has 0 fully saturated rings. The monoisotopic (exact) mass is 290 g/mol.